The van der Waals surface area contributed by atoms with Gasteiger partial charge in [-0.25, -0.2) is 4.57 Å². The predicted molar refractivity (Wildman–Crippen MR) is 220 cm³/mol. The van der Waals surface area contributed by atoms with E-state index < -0.39 is 32.5 Å². The number of rotatable bonds is 40. The summed E-state index contributed by atoms with van der Waals surface area (Å²) in [6.07, 6.45) is 43.1. The topological polar surface area (TPSA) is 134 Å². The molecular formula is C43H80NO8P. The molecular weight excluding hydrogens is 689 g/mol. The fourth-order valence-electron chi connectivity index (χ4n) is 5.78. The van der Waals surface area contributed by atoms with E-state index in [-0.39, 0.29) is 32.6 Å². The molecule has 0 radical (unpaired) electrons. The molecule has 0 bridgehead atoms. The van der Waals surface area contributed by atoms with Crippen LogP contribution in [0.2, 0.25) is 0 Å². The average Bonchev–Trinajstić information content (AvgIpc) is 3.14. The molecule has 0 rings (SSSR count). The van der Waals surface area contributed by atoms with Crippen molar-refractivity contribution in [2.75, 3.05) is 26.4 Å². The zero-order chi connectivity index (χ0) is 38.9. The molecule has 0 aliphatic rings. The summed E-state index contributed by atoms with van der Waals surface area (Å²) in [6, 6.07) is 0. The number of ether oxygens (including phenoxy) is 2. The summed E-state index contributed by atoms with van der Waals surface area (Å²) in [6.45, 7) is 3.68. The minimum absolute atomic E-state index is 0.0513. The van der Waals surface area contributed by atoms with Gasteiger partial charge in [0.05, 0.1) is 13.2 Å². The second-order valence-electron chi connectivity index (χ2n) is 14.2. The molecule has 0 amide bonds. The summed E-state index contributed by atoms with van der Waals surface area (Å²) in [4.78, 5) is 34.8. The van der Waals surface area contributed by atoms with Crippen LogP contribution in [0.15, 0.2) is 36.5 Å². The number of carbonyl (C=O) groups is 2. The molecule has 9 nitrogen and oxygen atoms in total. The van der Waals surface area contributed by atoms with Crippen molar-refractivity contribution >= 4 is 19.8 Å². The lowest BCUT2D eigenvalue weighted by Gasteiger charge is -2.19. The second-order valence-corrected chi connectivity index (χ2v) is 15.7. The number of esters is 2. The number of nitrogens with two attached hydrogens (primary N) is 1. The quantitative estimate of drug-likeness (QED) is 0.0270. The summed E-state index contributed by atoms with van der Waals surface area (Å²) in [5.41, 5.74) is 5.34. The summed E-state index contributed by atoms with van der Waals surface area (Å²) in [5, 5.41) is 0. The Labute approximate surface area is 324 Å². The van der Waals surface area contributed by atoms with E-state index in [4.69, 9.17) is 24.3 Å². The monoisotopic (exact) mass is 770 g/mol. The van der Waals surface area contributed by atoms with Crippen molar-refractivity contribution in [3.8, 4) is 0 Å². The highest BCUT2D eigenvalue weighted by molar-refractivity contribution is 7.47. The number of hydrogen-bond acceptors (Lipinski definition) is 8. The van der Waals surface area contributed by atoms with E-state index in [9.17, 15) is 19.0 Å². The third-order valence-electron chi connectivity index (χ3n) is 9.00. The maximum Gasteiger partial charge on any atom is 0.472 e. The van der Waals surface area contributed by atoms with E-state index >= 15 is 0 Å². The Bertz CT molecular complexity index is 970. The largest absolute Gasteiger partial charge is 0.472 e. The van der Waals surface area contributed by atoms with E-state index in [1.807, 2.05) is 0 Å². The highest BCUT2D eigenvalue weighted by atomic mass is 31.2. The Balaban J connectivity index is 4.17. The van der Waals surface area contributed by atoms with E-state index in [1.54, 1.807) is 0 Å². The lowest BCUT2D eigenvalue weighted by atomic mass is 10.1. The molecule has 2 atom stereocenters. The van der Waals surface area contributed by atoms with Gasteiger partial charge in [0.25, 0.3) is 0 Å². The minimum Gasteiger partial charge on any atom is -0.462 e. The zero-order valence-corrected chi connectivity index (χ0v) is 34.9. The van der Waals surface area contributed by atoms with Crippen molar-refractivity contribution in [1.82, 2.24) is 0 Å². The van der Waals surface area contributed by atoms with E-state index in [0.717, 1.165) is 64.2 Å². The van der Waals surface area contributed by atoms with Crippen LogP contribution in [0.3, 0.4) is 0 Å². The lowest BCUT2D eigenvalue weighted by molar-refractivity contribution is -0.161. The van der Waals surface area contributed by atoms with Gasteiger partial charge in [-0.1, -0.05) is 147 Å². The van der Waals surface area contributed by atoms with Gasteiger partial charge in [-0.2, -0.15) is 0 Å². The average molecular weight is 770 g/mol. The van der Waals surface area contributed by atoms with Crippen LogP contribution in [0, 0.1) is 0 Å². The Morgan fingerprint density at radius 2 is 0.981 bits per heavy atom. The lowest BCUT2D eigenvalue weighted by Crippen LogP contribution is -2.29. The van der Waals surface area contributed by atoms with Crippen molar-refractivity contribution in [2.45, 2.75) is 200 Å². The Hall–Kier alpha value is -1.77. The van der Waals surface area contributed by atoms with Gasteiger partial charge < -0.3 is 20.1 Å². The molecule has 0 fully saturated rings. The maximum atomic E-state index is 12.6. The molecule has 53 heavy (non-hydrogen) atoms. The Morgan fingerprint density at radius 3 is 1.49 bits per heavy atom. The van der Waals surface area contributed by atoms with Gasteiger partial charge in [-0.05, 0) is 70.6 Å². The molecule has 10 heteroatoms. The number of unbranched alkanes of at least 4 members (excludes halogenated alkanes) is 21. The van der Waals surface area contributed by atoms with Gasteiger partial charge in [0.2, 0.25) is 0 Å². The number of hydrogen-bond donors (Lipinski definition) is 2. The smallest absolute Gasteiger partial charge is 0.462 e. The molecule has 0 aromatic carbocycles. The first-order valence-corrected chi connectivity index (χ1v) is 23.0. The molecule has 0 heterocycles. The van der Waals surface area contributed by atoms with E-state index in [2.05, 4.69) is 50.3 Å². The number of phosphoric acid groups is 1. The molecule has 0 aliphatic carbocycles. The van der Waals surface area contributed by atoms with Crippen LogP contribution in [0.25, 0.3) is 0 Å². The van der Waals surface area contributed by atoms with E-state index in [1.165, 1.54) is 96.3 Å². The highest BCUT2D eigenvalue weighted by Crippen LogP contribution is 2.43. The number of phosphoric ester groups is 1. The zero-order valence-electron chi connectivity index (χ0n) is 34.0. The van der Waals surface area contributed by atoms with Crippen LogP contribution in [0.4, 0.5) is 0 Å². The Kier molecular flexibility index (Phi) is 38.6. The minimum atomic E-state index is -4.38. The van der Waals surface area contributed by atoms with Gasteiger partial charge >= 0.3 is 19.8 Å². The number of allylic oxidation sites excluding steroid dienone is 6. The molecule has 0 aliphatic heterocycles. The van der Waals surface area contributed by atoms with Gasteiger partial charge in [0.1, 0.15) is 6.61 Å². The van der Waals surface area contributed by atoms with Crippen LogP contribution >= 0.6 is 7.82 Å². The third-order valence-corrected chi connectivity index (χ3v) is 9.98. The third kappa shape index (κ3) is 39.7. The molecule has 0 saturated heterocycles. The van der Waals surface area contributed by atoms with Gasteiger partial charge in [0.15, 0.2) is 6.10 Å². The Morgan fingerprint density at radius 1 is 0.566 bits per heavy atom. The first kappa shape index (κ1) is 51.2. The maximum absolute atomic E-state index is 12.6. The van der Waals surface area contributed by atoms with Crippen molar-refractivity contribution in [3.05, 3.63) is 36.5 Å². The molecule has 0 spiro atoms. The molecule has 0 aromatic heterocycles. The highest BCUT2D eigenvalue weighted by Gasteiger charge is 2.26. The second kappa shape index (κ2) is 39.9. The molecule has 1 unspecified atom stereocenters. The van der Waals surface area contributed by atoms with Crippen molar-refractivity contribution < 1.29 is 37.6 Å². The molecule has 310 valence electrons. The molecule has 0 aromatic rings. The van der Waals surface area contributed by atoms with Gasteiger partial charge in [0, 0.05) is 19.4 Å². The number of carbonyl (C=O) groups excluding carboxylic acids is 2. The van der Waals surface area contributed by atoms with Crippen LogP contribution in [0.1, 0.15) is 194 Å². The molecule has 3 N–H and O–H groups in total. The standard InChI is InChI=1S/C43H80NO8P/c1-3-5-7-9-11-13-15-17-19-20-22-23-25-27-29-31-33-35-42(45)49-39-41(40-51-53(47,48)50-38-37-44)52-43(46)36-34-32-30-28-26-24-21-18-16-14-12-10-8-6-4-2/h11,13-14,16-17,19,41H,3-10,12,15,18,20-40,44H2,1-2H3,(H,47,48)/t41-/m1/s1. The fraction of sp³-hybridized carbons (Fsp3) is 0.814. The van der Waals surface area contributed by atoms with Crippen LogP contribution < -0.4 is 5.73 Å². The fourth-order valence-corrected chi connectivity index (χ4v) is 6.54. The summed E-state index contributed by atoms with van der Waals surface area (Å²) in [7, 11) is -4.38. The summed E-state index contributed by atoms with van der Waals surface area (Å²) < 4.78 is 32.8. The normalized spacial score (nSPS) is 13.7. The summed E-state index contributed by atoms with van der Waals surface area (Å²) in [5.74, 6) is -0.841. The molecule has 0 saturated carbocycles. The first-order valence-electron chi connectivity index (χ1n) is 21.5. The van der Waals surface area contributed by atoms with Crippen molar-refractivity contribution in [2.24, 2.45) is 5.73 Å². The van der Waals surface area contributed by atoms with Gasteiger partial charge in [-0.15, -0.1) is 0 Å². The van der Waals surface area contributed by atoms with E-state index in [0.29, 0.717) is 6.42 Å². The van der Waals surface area contributed by atoms with Crippen LogP contribution in [-0.4, -0.2) is 49.3 Å². The van der Waals surface area contributed by atoms with Crippen molar-refractivity contribution in [1.29, 1.82) is 0 Å². The predicted octanol–water partition coefficient (Wildman–Crippen LogP) is 12.2. The first-order chi connectivity index (χ1) is 25.8. The van der Waals surface area contributed by atoms with Gasteiger partial charge in [-0.3, -0.25) is 18.6 Å². The van der Waals surface area contributed by atoms with Crippen LogP contribution in [0.5, 0.6) is 0 Å². The van der Waals surface area contributed by atoms with Crippen molar-refractivity contribution in [3.63, 3.8) is 0 Å². The van der Waals surface area contributed by atoms with Crippen LogP contribution in [-0.2, 0) is 32.7 Å². The summed E-state index contributed by atoms with van der Waals surface area (Å²) >= 11 is 0. The SMILES string of the molecule is CCCCCC=CCC=CCCCCCCCCCC(=O)OC[C@H](COP(=O)(O)OCCN)OC(=O)CCCCCCCCCC=CCCCCCC.